The van der Waals surface area contributed by atoms with Gasteiger partial charge in [0, 0.05) is 30.4 Å². The Balaban J connectivity index is 1.60. The van der Waals surface area contributed by atoms with Crippen LogP contribution in [0.5, 0.6) is 0 Å². The highest BCUT2D eigenvalue weighted by Crippen LogP contribution is 2.27. The maximum absolute atomic E-state index is 12.3. The zero-order valence-corrected chi connectivity index (χ0v) is 21.2. The molecule has 1 aromatic carbocycles. The second-order valence-corrected chi connectivity index (χ2v) is 10.0. The third kappa shape index (κ3) is 8.22. The number of thiophene rings is 1. The molecule has 3 aromatic rings. The van der Waals surface area contributed by atoms with Gasteiger partial charge in [-0.1, -0.05) is 36.4 Å². The van der Waals surface area contributed by atoms with E-state index in [2.05, 4.69) is 5.32 Å². The summed E-state index contributed by atoms with van der Waals surface area (Å²) in [5.41, 5.74) is 2.25. The van der Waals surface area contributed by atoms with Crippen LogP contribution in [-0.2, 0) is 25.7 Å². The molecule has 2 aromatic heterocycles. The van der Waals surface area contributed by atoms with Crippen molar-refractivity contribution in [2.75, 3.05) is 20.2 Å². The van der Waals surface area contributed by atoms with Crippen LogP contribution in [0.1, 0.15) is 31.9 Å². The van der Waals surface area contributed by atoms with Gasteiger partial charge in [-0.15, -0.1) is 11.3 Å². The quantitative estimate of drug-likeness (QED) is 0.363. The highest BCUT2D eigenvalue weighted by atomic mass is 32.1. The highest BCUT2D eigenvalue weighted by molar-refractivity contribution is 7.13. The molecule has 0 bridgehead atoms. The molecule has 0 saturated carbocycles. The van der Waals surface area contributed by atoms with Crippen molar-refractivity contribution in [2.45, 2.75) is 32.9 Å². The maximum Gasteiger partial charge on any atom is 0.331 e. The van der Waals surface area contributed by atoms with Crippen LogP contribution >= 0.6 is 11.3 Å². The molecule has 0 aliphatic carbocycles. The summed E-state index contributed by atoms with van der Waals surface area (Å²) in [6.07, 6.45) is 4.79. The molecule has 3 rings (SSSR count). The third-order valence-corrected chi connectivity index (χ3v) is 5.67. The van der Waals surface area contributed by atoms with E-state index in [-0.39, 0.29) is 12.5 Å². The summed E-state index contributed by atoms with van der Waals surface area (Å²) in [5, 5.41) is 9.45. The van der Waals surface area contributed by atoms with Gasteiger partial charge in [-0.2, -0.15) is 5.10 Å². The standard InChI is InChI=1S/C26H30N4O4S/c1-26(2,3)27-22(31)17-29(4)23(32)18-34-24(33)13-12-20-16-30(15-19-9-6-5-7-10-19)28-25(20)21-11-8-14-35-21/h5-14,16H,15,17-18H2,1-4H3,(H,27,31)/b13-12+. The average molecular weight is 495 g/mol. The van der Waals surface area contributed by atoms with Gasteiger partial charge in [-0.3, -0.25) is 14.3 Å². The van der Waals surface area contributed by atoms with Gasteiger partial charge < -0.3 is 15.0 Å². The zero-order valence-electron chi connectivity index (χ0n) is 20.4. The van der Waals surface area contributed by atoms with Crippen molar-refractivity contribution in [2.24, 2.45) is 0 Å². The first-order valence-electron chi connectivity index (χ1n) is 11.2. The van der Waals surface area contributed by atoms with Crippen molar-refractivity contribution < 1.29 is 19.1 Å². The molecule has 0 fully saturated rings. The lowest BCUT2D eigenvalue weighted by molar-refractivity contribution is -0.148. The predicted octanol–water partition coefficient (Wildman–Crippen LogP) is 3.59. The Kier molecular flexibility index (Phi) is 8.59. The van der Waals surface area contributed by atoms with Crippen LogP contribution in [0.15, 0.2) is 60.1 Å². The van der Waals surface area contributed by atoms with Crippen LogP contribution in [0.2, 0.25) is 0 Å². The van der Waals surface area contributed by atoms with E-state index in [0.29, 0.717) is 6.54 Å². The molecule has 35 heavy (non-hydrogen) atoms. The number of nitrogens with zero attached hydrogens (tertiary/aromatic N) is 3. The van der Waals surface area contributed by atoms with E-state index in [1.165, 1.54) is 18.0 Å². The number of rotatable bonds is 9. The number of nitrogens with one attached hydrogen (secondary N) is 1. The van der Waals surface area contributed by atoms with Crippen molar-refractivity contribution in [3.05, 3.63) is 71.2 Å². The number of hydrogen-bond donors (Lipinski definition) is 1. The summed E-state index contributed by atoms with van der Waals surface area (Å²) < 4.78 is 6.92. The first-order chi connectivity index (χ1) is 16.6. The predicted molar refractivity (Wildman–Crippen MR) is 137 cm³/mol. The molecular formula is C26H30N4O4S. The SMILES string of the molecule is CN(CC(=O)NC(C)(C)C)C(=O)COC(=O)/C=C/c1cn(Cc2ccccc2)nc1-c1cccs1. The Hall–Kier alpha value is -3.72. The molecule has 0 spiro atoms. The molecule has 1 N–H and O–H groups in total. The van der Waals surface area contributed by atoms with Gasteiger partial charge in [0.2, 0.25) is 5.91 Å². The number of carbonyl (C=O) groups is 3. The van der Waals surface area contributed by atoms with Crippen molar-refractivity contribution >= 4 is 35.2 Å². The topological polar surface area (TPSA) is 93.5 Å². The van der Waals surface area contributed by atoms with Gasteiger partial charge >= 0.3 is 5.97 Å². The molecule has 0 radical (unpaired) electrons. The van der Waals surface area contributed by atoms with E-state index in [1.807, 2.05) is 79.5 Å². The molecule has 0 unspecified atom stereocenters. The zero-order chi connectivity index (χ0) is 25.4. The second kappa shape index (κ2) is 11.6. The fourth-order valence-electron chi connectivity index (χ4n) is 3.23. The summed E-state index contributed by atoms with van der Waals surface area (Å²) >= 11 is 1.56. The van der Waals surface area contributed by atoms with E-state index in [0.717, 1.165) is 21.7 Å². The Bertz CT molecular complexity index is 1180. The normalized spacial score (nSPS) is 11.4. The number of ether oxygens (including phenoxy) is 1. The molecule has 0 aliphatic heterocycles. The summed E-state index contributed by atoms with van der Waals surface area (Å²) in [4.78, 5) is 38.7. The molecule has 184 valence electrons. The Morgan fingerprint density at radius 3 is 2.54 bits per heavy atom. The Labute approximate surface area is 209 Å². The van der Waals surface area contributed by atoms with Gasteiger partial charge in [0.25, 0.3) is 5.91 Å². The van der Waals surface area contributed by atoms with Crippen LogP contribution in [0.4, 0.5) is 0 Å². The summed E-state index contributed by atoms with van der Waals surface area (Å²) in [5.74, 6) is -1.40. The number of hydrogen-bond acceptors (Lipinski definition) is 6. The van der Waals surface area contributed by atoms with E-state index in [9.17, 15) is 14.4 Å². The number of esters is 1. The van der Waals surface area contributed by atoms with Crippen LogP contribution in [0.3, 0.4) is 0 Å². The maximum atomic E-state index is 12.3. The minimum atomic E-state index is -0.654. The number of aromatic nitrogens is 2. The largest absolute Gasteiger partial charge is 0.452 e. The lowest BCUT2D eigenvalue weighted by Crippen LogP contribution is -2.46. The highest BCUT2D eigenvalue weighted by Gasteiger charge is 2.18. The molecule has 8 nitrogen and oxygen atoms in total. The van der Waals surface area contributed by atoms with Gasteiger partial charge in [0.05, 0.1) is 18.0 Å². The number of amides is 2. The molecule has 0 saturated heterocycles. The van der Waals surface area contributed by atoms with Crippen molar-refractivity contribution in [3.8, 4) is 10.6 Å². The minimum absolute atomic E-state index is 0.117. The van der Waals surface area contributed by atoms with Crippen molar-refractivity contribution in [3.63, 3.8) is 0 Å². The minimum Gasteiger partial charge on any atom is -0.452 e. The first-order valence-corrected chi connectivity index (χ1v) is 12.0. The van der Waals surface area contributed by atoms with Crippen LogP contribution in [0, 0.1) is 0 Å². The lowest BCUT2D eigenvalue weighted by atomic mass is 10.1. The third-order valence-electron chi connectivity index (χ3n) is 4.79. The molecule has 2 heterocycles. The second-order valence-electron chi connectivity index (χ2n) is 9.08. The summed E-state index contributed by atoms with van der Waals surface area (Å²) in [6.45, 7) is 5.60. The summed E-state index contributed by atoms with van der Waals surface area (Å²) in [6, 6.07) is 13.9. The van der Waals surface area contributed by atoms with Crippen LogP contribution in [-0.4, -0.2) is 58.2 Å². The Morgan fingerprint density at radius 1 is 1.14 bits per heavy atom. The fraction of sp³-hybridized carbons (Fsp3) is 0.308. The summed E-state index contributed by atoms with van der Waals surface area (Å²) in [7, 11) is 1.49. The average Bonchev–Trinajstić information content (AvgIpc) is 3.45. The molecular weight excluding hydrogens is 464 g/mol. The van der Waals surface area contributed by atoms with E-state index in [1.54, 1.807) is 17.4 Å². The van der Waals surface area contributed by atoms with E-state index < -0.39 is 24.0 Å². The fourth-order valence-corrected chi connectivity index (χ4v) is 3.96. The van der Waals surface area contributed by atoms with Gasteiger partial charge in [0.15, 0.2) is 6.61 Å². The monoisotopic (exact) mass is 494 g/mol. The van der Waals surface area contributed by atoms with Crippen molar-refractivity contribution in [1.29, 1.82) is 0 Å². The first kappa shape index (κ1) is 25.9. The molecule has 0 atom stereocenters. The van der Waals surface area contributed by atoms with Gasteiger partial charge in [-0.05, 0) is 43.9 Å². The van der Waals surface area contributed by atoms with Gasteiger partial charge in [0.1, 0.15) is 5.69 Å². The van der Waals surface area contributed by atoms with E-state index >= 15 is 0 Å². The molecule has 0 aliphatic rings. The molecule has 2 amide bonds. The smallest absolute Gasteiger partial charge is 0.331 e. The van der Waals surface area contributed by atoms with Crippen LogP contribution < -0.4 is 5.32 Å². The van der Waals surface area contributed by atoms with Crippen LogP contribution in [0.25, 0.3) is 16.6 Å². The van der Waals surface area contributed by atoms with Crippen molar-refractivity contribution in [1.82, 2.24) is 20.0 Å². The van der Waals surface area contributed by atoms with Gasteiger partial charge in [-0.25, -0.2) is 4.79 Å². The molecule has 9 heteroatoms. The lowest BCUT2D eigenvalue weighted by Gasteiger charge is -2.23. The van der Waals surface area contributed by atoms with E-state index in [4.69, 9.17) is 9.84 Å². The number of carbonyl (C=O) groups excluding carboxylic acids is 3. The number of benzene rings is 1. The Morgan fingerprint density at radius 2 is 1.89 bits per heavy atom. The number of likely N-dealkylation sites (N-methyl/N-ethyl adjacent to an activating group) is 1.